The van der Waals surface area contributed by atoms with Gasteiger partial charge in [0.05, 0.1) is 17.6 Å². The molecule has 1 aliphatic heterocycles. The van der Waals surface area contributed by atoms with Crippen LogP contribution >= 0.6 is 0 Å². The van der Waals surface area contributed by atoms with Gasteiger partial charge < -0.3 is 11.1 Å². The van der Waals surface area contributed by atoms with Crippen LogP contribution in [0.15, 0.2) is 24.4 Å². The molecule has 0 saturated carbocycles. The third-order valence-corrected chi connectivity index (χ3v) is 2.18. The Labute approximate surface area is 77.7 Å². The van der Waals surface area contributed by atoms with Gasteiger partial charge >= 0.3 is 0 Å². The molecule has 0 amide bonds. The standard InChI is InChI=1S/C10H13N3/c11-9-1-2-10(13-7-9)8-3-5-12-6-4-8/h1-3,7,12H,4-6,11H2. The van der Waals surface area contributed by atoms with Crippen molar-refractivity contribution in [2.45, 2.75) is 6.42 Å². The number of hydrogen-bond donors (Lipinski definition) is 2. The van der Waals surface area contributed by atoms with E-state index in [4.69, 9.17) is 5.73 Å². The molecule has 0 bridgehead atoms. The smallest absolute Gasteiger partial charge is 0.0661 e. The van der Waals surface area contributed by atoms with Crippen LogP contribution in [0.5, 0.6) is 0 Å². The first-order valence-electron chi connectivity index (χ1n) is 4.48. The second kappa shape index (κ2) is 3.58. The van der Waals surface area contributed by atoms with Crippen molar-refractivity contribution in [2.75, 3.05) is 18.8 Å². The van der Waals surface area contributed by atoms with Crippen LogP contribution in [0.1, 0.15) is 12.1 Å². The fourth-order valence-corrected chi connectivity index (χ4v) is 1.45. The van der Waals surface area contributed by atoms with Crippen molar-refractivity contribution in [3.63, 3.8) is 0 Å². The summed E-state index contributed by atoms with van der Waals surface area (Å²) in [7, 11) is 0. The van der Waals surface area contributed by atoms with E-state index in [0.29, 0.717) is 0 Å². The molecule has 0 aliphatic carbocycles. The van der Waals surface area contributed by atoms with Gasteiger partial charge in [-0.2, -0.15) is 0 Å². The molecule has 0 fully saturated rings. The number of nitrogens with one attached hydrogen (secondary N) is 1. The first kappa shape index (κ1) is 8.26. The van der Waals surface area contributed by atoms with Crippen LogP contribution in [0.4, 0.5) is 5.69 Å². The van der Waals surface area contributed by atoms with Crippen molar-refractivity contribution < 1.29 is 0 Å². The van der Waals surface area contributed by atoms with E-state index in [-0.39, 0.29) is 0 Å². The molecule has 0 spiro atoms. The fraction of sp³-hybridized carbons (Fsp3) is 0.300. The third kappa shape index (κ3) is 1.87. The molecular weight excluding hydrogens is 162 g/mol. The highest BCUT2D eigenvalue weighted by molar-refractivity contribution is 5.64. The van der Waals surface area contributed by atoms with Gasteiger partial charge in [0.25, 0.3) is 0 Å². The lowest BCUT2D eigenvalue weighted by Crippen LogP contribution is -2.20. The van der Waals surface area contributed by atoms with E-state index >= 15 is 0 Å². The van der Waals surface area contributed by atoms with Gasteiger partial charge in [0, 0.05) is 6.54 Å². The Kier molecular flexibility index (Phi) is 2.27. The lowest BCUT2D eigenvalue weighted by molar-refractivity contribution is 0.737. The van der Waals surface area contributed by atoms with Gasteiger partial charge in [-0.25, -0.2) is 0 Å². The lowest BCUT2D eigenvalue weighted by atomic mass is 10.1. The maximum Gasteiger partial charge on any atom is 0.0661 e. The maximum atomic E-state index is 5.56. The number of nitrogen functional groups attached to an aromatic ring is 1. The van der Waals surface area contributed by atoms with Gasteiger partial charge in [0.2, 0.25) is 0 Å². The normalized spacial score (nSPS) is 16.8. The lowest BCUT2D eigenvalue weighted by Gasteiger charge is -2.13. The first-order chi connectivity index (χ1) is 6.36. The first-order valence-corrected chi connectivity index (χ1v) is 4.48. The molecule has 0 aromatic carbocycles. The zero-order chi connectivity index (χ0) is 9.10. The summed E-state index contributed by atoms with van der Waals surface area (Å²) in [5.74, 6) is 0. The minimum absolute atomic E-state index is 0.721. The molecule has 0 saturated heterocycles. The van der Waals surface area contributed by atoms with Gasteiger partial charge in [-0.1, -0.05) is 6.08 Å². The van der Waals surface area contributed by atoms with Gasteiger partial charge in [-0.3, -0.25) is 4.98 Å². The number of rotatable bonds is 1. The van der Waals surface area contributed by atoms with Crippen molar-refractivity contribution in [1.29, 1.82) is 0 Å². The summed E-state index contributed by atoms with van der Waals surface area (Å²) in [6, 6.07) is 3.87. The summed E-state index contributed by atoms with van der Waals surface area (Å²) in [4.78, 5) is 4.28. The van der Waals surface area contributed by atoms with E-state index in [1.165, 1.54) is 5.57 Å². The largest absolute Gasteiger partial charge is 0.397 e. The van der Waals surface area contributed by atoms with Crippen molar-refractivity contribution in [2.24, 2.45) is 0 Å². The topological polar surface area (TPSA) is 50.9 Å². The number of anilines is 1. The van der Waals surface area contributed by atoms with E-state index in [2.05, 4.69) is 16.4 Å². The molecule has 68 valence electrons. The van der Waals surface area contributed by atoms with Crippen LogP contribution in [-0.4, -0.2) is 18.1 Å². The van der Waals surface area contributed by atoms with Crippen LogP contribution in [0.3, 0.4) is 0 Å². The van der Waals surface area contributed by atoms with E-state index in [0.717, 1.165) is 30.9 Å². The van der Waals surface area contributed by atoms with E-state index in [9.17, 15) is 0 Å². The van der Waals surface area contributed by atoms with Crippen LogP contribution in [0.25, 0.3) is 5.57 Å². The Balaban J connectivity index is 2.24. The summed E-state index contributed by atoms with van der Waals surface area (Å²) in [6.45, 7) is 1.99. The second-order valence-electron chi connectivity index (χ2n) is 3.16. The van der Waals surface area contributed by atoms with Crippen LogP contribution in [0, 0.1) is 0 Å². The minimum Gasteiger partial charge on any atom is -0.397 e. The maximum absolute atomic E-state index is 5.56. The molecule has 1 aromatic heterocycles. The minimum atomic E-state index is 0.721. The van der Waals surface area contributed by atoms with Crippen LogP contribution in [-0.2, 0) is 0 Å². The van der Waals surface area contributed by atoms with Gasteiger partial charge in [0.1, 0.15) is 0 Å². The number of hydrogen-bond acceptors (Lipinski definition) is 3. The van der Waals surface area contributed by atoms with E-state index < -0.39 is 0 Å². The highest BCUT2D eigenvalue weighted by atomic mass is 14.9. The number of nitrogens with zero attached hydrogens (tertiary/aromatic N) is 1. The average Bonchev–Trinajstić information content (AvgIpc) is 2.20. The Morgan fingerprint density at radius 1 is 1.38 bits per heavy atom. The fourth-order valence-electron chi connectivity index (χ4n) is 1.45. The number of pyridine rings is 1. The van der Waals surface area contributed by atoms with E-state index in [1.54, 1.807) is 6.20 Å². The SMILES string of the molecule is Nc1ccc(C2=CCNCC2)nc1. The number of nitrogens with two attached hydrogens (primary N) is 1. The molecule has 2 rings (SSSR count). The molecule has 0 radical (unpaired) electrons. The Hall–Kier alpha value is -1.35. The molecule has 0 unspecified atom stereocenters. The Morgan fingerprint density at radius 3 is 2.92 bits per heavy atom. The molecule has 2 heterocycles. The van der Waals surface area contributed by atoms with Crippen molar-refractivity contribution >= 4 is 11.3 Å². The quantitative estimate of drug-likeness (QED) is 0.670. The molecule has 1 aliphatic rings. The Bertz CT molecular complexity index is 313. The molecular formula is C10H13N3. The summed E-state index contributed by atoms with van der Waals surface area (Å²) < 4.78 is 0. The van der Waals surface area contributed by atoms with Crippen molar-refractivity contribution in [1.82, 2.24) is 10.3 Å². The summed E-state index contributed by atoms with van der Waals surface area (Å²) in [5.41, 5.74) is 8.65. The summed E-state index contributed by atoms with van der Waals surface area (Å²) >= 11 is 0. The molecule has 3 heteroatoms. The van der Waals surface area contributed by atoms with Gasteiger partial charge in [-0.15, -0.1) is 0 Å². The van der Waals surface area contributed by atoms with Crippen molar-refractivity contribution in [3.8, 4) is 0 Å². The highest BCUT2D eigenvalue weighted by Crippen LogP contribution is 2.17. The zero-order valence-electron chi connectivity index (χ0n) is 7.46. The summed E-state index contributed by atoms with van der Waals surface area (Å²) in [5, 5.41) is 3.27. The van der Waals surface area contributed by atoms with Gasteiger partial charge in [-0.05, 0) is 30.7 Å². The predicted octanol–water partition coefficient (Wildman–Crippen LogP) is 1.04. The molecule has 1 aromatic rings. The number of aromatic nitrogens is 1. The molecule has 13 heavy (non-hydrogen) atoms. The predicted molar refractivity (Wildman–Crippen MR) is 54.1 cm³/mol. The highest BCUT2D eigenvalue weighted by Gasteiger charge is 2.05. The third-order valence-electron chi connectivity index (χ3n) is 2.18. The van der Waals surface area contributed by atoms with Crippen LogP contribution < -0.4 is 11.1 Å². The monoisotopic (exact) mass is 175 g/mol. The molecule has 0 atom stereocenters. The van der Waals surface area contributed by atoms with Gasteiger partial charge in [0.15, 0.2) is 0 Å². The molecule has 3 nitrogen and oxygen atoms in total. The van der Waals surface area contributed by atoms with Crippen molar-refractivity contribution in [3.05, 3.63) is 30.1 Å². The summed E-state index contributed by atoms with van der Waals surface area (Å²) in [6.07, 6.45) is 4.94. The second-order valence-corrected chi connectivity index (χ2v) is 3.16. The van der Waals surface area contributed by atoms with Crippen LogP contribution in [0.2, 0.25) is 0 Å². The molecule has 3 N–H and O–H groups in total. The average molecular weight is 175 g/mol. The zero-order valence-corrected chi connectivity index (χ0v) is 7.46. The van der Waals surface area contributed by atoms with E-state index in [1.807, 2.05) is 12.1 Å². The Morgan fingerprint density at radius 2 is 2.31 bits per heavy atom.